The Morgan fingerprint density at radius 2 is 2.06 bits per heavy atom. The molecule has 1 heterocycles. The highest BCUT2D eigenvalue weighted by Crippen LogP contribution is 2.23. The molecule has 18 heavy (non-hydrogen) atoms. The van der Waals surface area contributed by atoms with Crippen molar-refractivity contribution >= 4 is 6.29 Å². The lowest BCUT2D eigenvalue weighted by atomic mass is 10.2. The predicted molar refractivity (Wildman–Crippen MR) is 59.3 cm³/mol. The Labute approximate surface area is 102 Å². The molecule has 0 unspecified atom stereocenters. The van der Waals surface area contributed by atoms with Gasteiger partial charge < -0.3 is 9.30 Å². The maximum absolute atomic E-state index is 13.5. The molecule has 0 spiro atoms. The van der Waals surface area contributed by atoms with Crippen molar-refractivity contribution in [2.45, 2.75) is 6.61 Å². The van der Waals surface area contributed by atoms with E-state index >= 15 is 0 Å². The summed E-state index contributed by atoms with van der Waals surface area (Å²) in [5.74, 6) is -1.80. The lowest BCUT2D eigenvalue weighted by molar-refractivity contribution is 0.112. The van der Waals surface area contributed by atoms with Gasteiger partial charge in [0, 0.05) is 25.0 Å². The Morgan fingerprint density at radius 3 is 2.56 bits per heavy atom. The number of hydrogen-bond acceptors (Lipinski definition) is 3. The second kappa shape index (κ2) is 4.95. The number of imidazole rings is 1. The van der Waals surface area contributed by atoms with E-state index in [4.69, 9.17) is 4.74 Å². The maximum atomic E-state index is 13.5. The molecule has 0 aliphatic carbocycles. The minimum atomic E-state index is -0.911. The summed E-state index contributed by atoms with van der Waals surface area (Å²) < 4.78 is 33.7. The van der Waals surface area contributed by atoms with Crippen molar-refractivity contribution in [2.75, 3.05) is 0 Å². The first-order valence-corrected chi connectivity index (χ1v) is 5.15. The Hall–Kier alpha value is -2.24. The van der Waals surface area contributed by atoms with Gasteiger partial charge in [-0.1, -0.05) is 0 Å². The second-order valence-corrected chi connectivity index (χ2v) is 3.67. The minimum Gasteiger partial charge on any atom is -0.480 e. The summed E-state index contributed by atoms with van der Waals surface area (Å²) in [5, 5.41) is 0. The average Bonchev–Trinajstić information content (AvgIpc) is 2.73. The second-order valence-electron chi connectivity index (χ2n) is 3.67. The van der Waals surface area contributed by atoms with Gasteiger partial charge in [0.05, 0.1) is 0 Å². The van der Waals surface area contributed by atoms with Gasteiger partial charge in [-0.05, 0) is 12.1 Å². The molecule has 2 aromatic rings. The van der Waals surface area contributed by atoms with Crippen molar-refractivity contribution in [3.63, 3.8) is 0 Å². The van der Waals surface area contributed by atoms with Gasteiger partial charge in [0.1, 0.15) is 18.7 Å². The molecule has 0 aliphatic heterocycles. The summed E-state index contributed by atoms with van der Waals surface area (Å²) in [4.78, 5) is 14.4. The molecule has 0 N–H and O–H groups in total. The maximum Gasteiger partial charge on any atom is 0.191 e. The van der Waals surface area contributed by atoms with Crippen LogP contribution in [0.5, 0.6) is 5.75 Å². The number of ether oxygens (including phenoxy) is 1. The Kier molecular flexibility index (Phi) is 3.36. The summed E-state index contributed by atoms with van der Waals surface area (Å²) in [6, 6.07) is 1.84. The fourth-order valence-electron chi connectivity index (χ4n) is 1.46. The predicted octanol–water partition coefficient (Wildman–Crippen LogP) is 2.09. The average molecular weight is 252 g/mol. The molecule has 1 aromatic heterocycles. The zero-order valence-corrected chi connectivity index (χ0v) is 9.56. The van der Waals surface area contributed by atoms with E-state index in [1.165, 1.54) is 0 Å². The first kappa shape index (κ1) is 12.2. The molecule has 0 amide bonds. The number of carbonyl (C=O) groups is 1. The highest BCUT2D eigenvalue weighted by Gasteiger charge is 2.13. The number of aldehydes is 1. The number of halogens is 2. The monoisotopic (exact) mass is 252 g/mol. The van der Waals surface area contributed by atoms with Crippen LogP contribution in [0.25, 0.3) is 0 Å². The van der Waals surface area contributed by atoms with Gasteiger partial charge in [-0.15, -0.1) is 0 Å². The number of carbonyl (C=O) groups excluding carboxylic acids is 1. The van der Waals surface area contributed by atoms with Crippen molar-refractivity contribution in [3.8, 4) is 5.75 Å². The van der Waals surface area contributed by atoms with E-state index in [-0.39, 0.29) is 12.2 Å². The number of nitrogens with zero attached hydrogens (tertiary/aromatic N) is 2. The highest BCUT2D eigenvalue weighted by atomic mass is 19.1. The SMILES string of the molecule is Cn1ccnc1COc1c(F)cc(C=O)cc1F. The summed E-state index contributed by atoms with van der Waals surface area (Å²) in [7, 11) is 1.74. The topological polar surface area (TPSA) is 44.1 Å². The lowest BCUT2D eigenvalue weighted by Crippen LogP contribution is -2.05. The van der Waals surface area contributed by atoms with Gasteiger partial charge in [-0.25, -0.2) is 13.8 Å². The molecule has 0 saturated carbocycles. The fourth-order valence-corrected chi connectivity index (χ4v) is 1.46. The molecule has 0 radical (unpaired) electrons. The van der Waals surface area contributed by atoms with E-state index in [2.05, 4.69) is 4.98 Å². The standard InChI is InChI=1S/C12H10F2N2O2/c1-16-3-2-15-11(16)7-18-12-9(13)4-8(6-17)5-10(12)14/h2-6H,7H2,1H3. The van der Waals surface area contributed by atoms with E-state index in [9.17, 15) is 13.6 Å². The van der Waals surface area contributed by atoms with Crippen LogP contribution in [0.1, 0.15) is 16.2 Å². The largest absolute Gasteiger partial charge is 0.480 e. The van der Waals surface area contributed by atoms with Crippen molar-refractivity contribution < 1.29 is 18.3 Å². The van der Waals surface area contributed by atoms with E-state index in [0.717, 1.165) is 12.1 Å². The van der Waals surface area contributed by atoms with Crippen molar-refractivity contribution in [1.82, 2.24) is 9.55 Å². The molecule has 0 atom stereocenters. The van der Waals surface area contributed by atoms with Crippen LogP contribution in [-0.2, 0) is 13.7 Å². The van der Waals surface area contributed by atoms with Crippen LogP contribution < -0.4 is 4.74 Å². The smallest absolute Gasteiger partial charge is 0.191 e. The highest BCUT2D eigenvalue weighted by molar-refractivity contribution is 5.75. The summed E-state index contributed by atoms with van der Waals surface area (Å²) >= 11 is 0. The molecule has 0 aliphatic rings. The molecule has 0 fully saturated rings. The molecule has 1 aromatic carbocycles. The van der Waals surface area contributed by atoms with Gasteiger partial charge in [0.25, 0.3) is 0 Å². The van der Waals surface area contributed by atoms with Crippen LogP contribution in [0.15, 0.2) is 24.5 Å². The van der Waals surface area contributed by atoms with Crippen LogP contribution in [0.2, 0.25) is 0 Å². The Bertz CT molecular complexity index is 558. The van der Waals surface area contributed by atoms with Gasteiger partial charge in [0.2, 0.25) is 0 Å². The van der Waals surface area contributed by atoms with Gasteiger partial charge >= 0.3 is 0 Å². The van der Waals surface area contributed by atoms with Gasteiger partial charge in [0.15, 0.2) is 17.4 Å². The quantitative estimate of drug-likeness (QED) is 0.782. The number of aromatic nitrogens is 2. The summed E-state index contributed by atoms with van der Waals surface area (Å²) in [6.45, 7) is -0.0578. The zero-order valence-electron chi connectivity index (χ0n) is 9.56. The summed E-state index contributed by atoms with van der Waals surface area (Å²) in [5.41, 5.74) is -0.0747. The van der Waals surface area contributed by atoms with E-state index < -0.39 is 17.4 Å². The molecular formula is C12H10F2N2O2. The van der Waals surface area contributed by atoms with Crippen molar-refractivity contribution in [3.05, 3.63) is 47.5 Å². The molecule has 4 nitrogen and oxygen atoms in total. The first-order valence-electron chi connectivity index (χ1n) is 5.15. The Balaban J connectivity index is 2.19. The van der Waals surface area contributed by atoms with Crippen LogP contribution in [0.3, 0.4) is 0 Å². The van der Waals surface area contributed by atoms with E-state index in [0.29, 0.717) is 12.1 Å². The zero-order chi connectivity index (χ0) is 13.1. The molecule has 94 valence electrons. The number of rotatable bonds is 4. The Morgan fingerprint density at radius 1 is 1.39 bits per heavy atom. The molecular weight excluding hydrogens is 242 g/mol. The summed E-state index contributed by atoms with van der Waals surface area (Å²) in [6.07, 6.45) is 3.62. The molecule has 6 heteroatoms. The minimum absolute atomic E-state index is 0.0578. The fraction of sp³-hybridized carbons (Fsp3) is 0.167. The van der Waals surface area contributed by atoms with Gasteiger partial charge in [-0.3, -0.25) is 4.79 Å². The van der Waals surface area contributed by atoms with Crippen molar-refractivity contribution in [1.29, 1.82) is 0 Å². The third-order valence-electron chi connectivity index (χ3n) is 2.42. The van der Waals surface area contributed by atoms with E-state index in [1.54, 1.807) is 24.0 Å². The van der Waals surface area contributed by atoms with Gasteiger partial charge in [-0.2, -0.15) is 0 Å². The molecule has 2 rings (SSSR count). The lowest BCUT2D eigenvalue weighted by Gasteiger charge is -2.08. The van der Waals surface area contributed by atoms with Crippen LogP contribution in [0.4, 0.5) is 8.78 Å². The van der Waals surface area contributed by atoms with E-state index in [1.807, 2.05) is 0 Å². The molecule has 0 saturated heterocycles. The normalized spacial score (nSPS) is 10.4. The third kappa shape index (κ3) is 2.37. The van der Waals surface area contributed by atoms with Crippen LogP contribution >= 0.6 is 0 Å². The van der Waals surface area contributed by atoms with Crippen LogP contribution in [0, 0.1) is 11.6 Å². The third-order valence-corrected chi connectivity index (χ3v) is 2.42. The van der Waals surface area contributed by atoms with Crippen LogP contribution in [-0.4, -0.2) is 15.8 Å². The number of aryl methyl sites for hydroxylation is 1. The number of benzene rings is 1. The molecule has 0 bridgehead atoms. The first-order chi connectivity index (χ1) is 8.61. The van der Waals surface area contributed by atoms with Crippen molar-refractivity contribution in [2.24, 2.45) is 7.05 Å². The number of hydrogen-bond donors (Lipinski definition) is 0.